The number of hydrogen-bond acceptors (Lipinski definition) is 4. The Balaban J connectivity index is 0.00000242. The highest BCUT2D eigenvalue weighted by molar-refractivity contribution is 5.86. The van der Waals surface area contributed by atoms with E-state index in [4.69, 9.17) is 4.74 Å². The van der Waals surface area contributed by atoms with Gasteiger partial charge in [-0.25, -0.2) is 4.79 Å². The molecule has 1 aromatic carbocycles. The van der Waals surface area contributed by atoms with Crippen molar-refractivity contribution in [1.29, 1.82) is 0 Å². The van der Waals surface area contributed by atoms with Gasteiger partial charge in [-0.1, -0.05) is 37.3 Å². The van der Waals surface area contributed by atoms with E-state index in [0.717, 1.165) is 18.7 Å². The third-order valence-electron chi connectivity index (χ3n) is 4.02. The number of benzene rings is 1. The number of hydrogen-bond donors (Lipinski definition) is 2. The largest absolute Gasteiger partial charge is 0.467 e. The molecule has 0 radical (unpaired) electrons. The second-order valence-corrected chi connectivity index (χ2v) is 5.48. The van der Waals surface area contributed by atoms with E-state index in [1.165, 1.54) is 7.11 Å². The fourth-order valence-corrected chi connectivity index (χ4v) is 2.37. The van der Waals surface area contributed by atoms with Crippen molar-refractivity contribution in [3.05, 3.63) is 35.9 Å². The van der Waals surface area contributed by atoms with E-state index in [1.807, 2.05) is 37.3 Å². The van der Waals surface area contributed by atoms with Crippen LogP contribution in [0.3, 0.4) is 0 Å². The van der Waals surface area contributed by atoms with Gasteiger partial charge < -0.3 is 15.4 Å². The molecule has 2 N–H and O–H groups in total. The molecule has 1 fully saturated rings. The first-order valence-electron chi connectivity index (χ1n) is 7.24. The maximum absolute atomic E-state index is 12.3. The molecular formula is C16H23ClN2O3. The first kappa shape index (κ1) is 18.5. The van der Waals surface area contributed by atoms with Gasteiger partial charge in [-0.2, -0.15) is 0 Å². The van der Waals surface area contributed by atoms with Crippen molar-refractivity contribution in [3.63, 3.8) is 0 Å². The summed E-state index contributed by atoms with van der Waals surface area (Å²) >= 11 is 0. The molecule has 1 amide bonds. The Kier molecular flexibility index (Phi) is 7.35. The summed E-state index contributed by atoms with van der Waals surface area (Å²) in [7, 11) is 1.34. The van der Waals surface area contributed by atoms with Gasteiger partial charge in [-0.3, -0.25) is 4.79 Å². The van der Waals surface area contributed by atoms with Gasteiger partial charge in [0.1, 0.15) is 6.04 Å². The Morgan fingerprint density at radius 1 is 1.32 bits per heavy atom. The maximum Gasteiger partial charge on any atom is 0.328 e. The Hall–Kier alpha value is -1.59. The van der Waals surface area contributed by atoms with Crippen LogP contribution in [0.5, 0.6) is 0 Å². The van der Waals surface area contributed by atoms with E-state index in [0.29, 0.717) is 12.3 Å². The van der Waals surface area contributed by atoms with Crippen LogP contribution < -0.4 is 10.6 Å². The Bertz CT molecular complexity index is 491. The standard InChI is InChI=1S/C16H22N2O3.ClH/c1-11(13-9-17-10-13)15(19)18-14(16(20)21-2)8-12-6-4-3-5-7-12;/h3-7,11,13-14,17H,8-10H2,1-2H3,(H,18,19);1H. The van der Waals surface area contributed by atoms with Crippen LogP contribution in [0.4, 0.5) is 0 Å². The number of esters is 1. The lowest BCUT2D eigenvalue weighted by molar-refractivity contribution is -0.145. The van der Waals surface area contributed by atoms with Crippen LogP contribution in [-0.4, -0.2) is 38.1 Å². The lowest BCUT2D eigenvalue weighted by Gasteiger charge is -2.32. The van der Waals surface area contributed by atoms with E-state index in [2.05, 4.69) is 10.6 Å². The third kappa shape index (κ3) is 4.71. The van der Waals surface area contributed by atoms with Gasteiger partial charge >= 0.3 is 5.97 Å². The lowest BCUT2D eigenvalue weighted by Crippen LogP contribution is -2.52. The molecule has 1 aliphatic heterocycles. The van der Waals surface area contributed by atoms with Crippen LogP contribution in [-0.2, 0) is 20.7 Å². The summed E-state index contributed by atoms with van der Waals surface area (Å²) < 4.78 is 4.80. The monoisotopic (exact) mass is 326 g/mol. The minimum Gasteiger partial charge on any atom is -0.467 e. The smallest absolute Gasteiger partial charge is 0.328 e. The number of ether oxygens (including phenoxy) is 1. The third-order valence-corrected chi connectivity index (χ3v) is 4.02. The maximum atomic E-state index is 12.3. The second-order valence-electron chi connectivity index (χ2n) is 5.48. The molecule has 1 heterocycles. The van der Waals surface area contributed by atoms with Crippen molar-refractivity contribution >= 4 is 24.3 Å². The first-order chi connectivity index (χ1) is 10.1. The minimum absolute atomic E-state index is 0. The summed E-state index contributed by atoms with van der Waals surface area (Å²) in [6, 6.07) is 8.96. The van der Waals surface area contributed by atoms with E-state index in [-0.39, 0.29) is 24.2 Å². The molecule has 0 bridgehead atoms. The van der Waals surface area contributed by atoms with E-state index < -0.39 is 12.0 Å². The molecule has 0 spiro atoms. The summed E-state index contributed by atoms with van der Waals surface area (Å²) in [5, 5.41) is 5.98. The molecule has 5 nitrogen and oxygen atoms in total. The highest BCUT2D eigenvalue weighted by atomic mass is 35.5. The molecule has 1 aliphatic rings. The fraction of sp³-hybridized carbons (Fsp3) is 0.500. The molecular weight excluding hydrogens is 304 g/mol. The van der Waals surface area contributed by atoms with E-state index in [1.54, 1.807) is 0 Å². The summed E-state index contributed by atoms with van der Waals surface area (Å²) in [6.07, 6.45) is 0.439. The summed E-state index contributed by atoms with van der Waals surface area (Å²) in [5.41, 5.74) is 0.992. The van der Waals surface area contributed by atoms with Crippen LogP contribution in [0.1, 0.15) is 12.5 Å². The number of nitrogens with one attached hydrogen (secondary N) is 2. The Morgan fingerprint density at radius 2 is 1.95 bits per heavy atom. The number of carbonyl (C=O) groups excluding carboxylic acids is 2. The predicted molar refractivity (Wildman–Crippen MR) is 86.9 cm³/mol. The topological polar surface area (TPSA) is 67.4 Å². The van der Waals surface area contributed by atoms with Gasteiger partial charge in [0.25, 0.3) is 0 Å². The van der Waals surface area contributed by atoms with Crippen molar-refractivity contribution in [3.8, 4) is 0 Å². The van der Waals surface area contributed by atoms with Gasteiger partial charge in [0, 0.05) is 12.3 Å². The summed E-state index contributed by atoms with van der Waals surface area (Å²) in [4.78, 5) is 24.1. The van der Waals surface area contributed by atoms with Gasteiger partial charge in [-0.05, 0) is 24.6 Å². The summed E-state index contributed by atoms with van der Waals surface area (Å²) in [5.74, 6) is -0.256. The first-order valence-corrected chi connectivity index (χ1v) is 7.24. The van der Waals surface area contributed by atoms with Crippen molar-refractivity contribution in [2.24, 2.45) is 11.8 Å². The van der Waals surface area contributed by atoms with Gasteiger partial charge in [-0.15, -0.1) is 12.4 Å². The molecule has 0 aliphatic carbocycles. The van der Waals surface area contributed by atoms with Gasteiger partial charge in [0.2, 0.25) is 5.91 Å². The Morgan fingerprint density at radius 3 is 2.45 bits per heavy atom. The molecule has 1 saturated heterocycles. The summed E-state index contributed by atoms with van der Waals surface area (Å²) in [6.45, 7) is 3.62. The van der Waals surface area contributed by atoms with Gasteiger partial charge in [0.15, 0.2) is 0 Å². The van der Waals surface area contributed by atoms with Crippen LogP contribution in [0.25, 0.3) is 0 Å². The fourth-order valence-electron chi connectivity index (χ4n) is 2.37. The van der Waals surface area contributed by atoms with Crippen molar-refractivity contribution < 1.29 is 14.3 Å². The van der Waals surface area contributed by atoms with Crippen LogP contribution >= 0.6 is 12.4 Å². The number of rotatable bonds is 6. The highest BCUT2D eigenvalue weighted by Crippen LogP contribution is 2.16. The number of amides is 1. The molecule has 6 heteroatoms. The molecule has 2 rings (SSSR count). The number of carbonyl (C=O) groups is 2. The quantitative estimate of drug-likeness (QED) is 0.770. The van der Waals surface area contributed by atoms with E-state index >= 15 is 0 Å². The normalized spacial score (nSPS) is 16.6. The van der Waals surface area contributed by atoms with Crippen LogP contribution in [0.15, 0.2) is 30.3 Å². The number of halogens is 1. The molecule has 2 unspecified atom stereocenters. The highest BCUT2D eigenvalue weighted by Gasteiger charge is 2.31. The predicted octanol–water partition coefficient (Wildman–Crippen LogP) is 1.16. The zero-order chi connectivity index (χ0) is 15.2. The lowest BCUT2D eigenvalue weighted by atomic mass is 9.88. The van der Waals surface area contributed by atoms with Crippen LogP contribution in [0, 0.1) is 11.8 Å². The average molecular weight is 327 g/mol. The SMILES string of the molecule is COC(=O)C(Cc1ccccc1)NC(=O)C(C)C1CNC1.Cl. The zero-order valence-corrected chi connectivity index (χ0v) is 13.7. The molecule has 22 heavy (non-hydrogen) atoms. The van der Waals surface area contributed by atoms with Crippen molar-refractivity contribution in [1.82, 2.24) is 10.6 Å². The number of methoxy groups -OCH3 is 1. The van der Waals surface area contributed by atoms with Crippen LogP contribution in [0.2, 0.25) is 0 Å². The second kappa shape index (κ2) is 8.76. The molecule has 1 aromatic rings. The van der Waals surface area contributed by atoms with E-state index in [9.17, 15) is 9.59 Å². The minimum atomic E-state index is -0.639. The van der Waals surface area contributed by atoms with Crippen molar-refractivity contribution in [2.45, 2.75) is 19.4 Å². The molecule has 2 atom stereocenters. The zero-order valence-electron chi connectivity index (χ0n) is 12.9. The molecule has 122 valence electrons. The Labute approximate surface area is 137 Å². The average Bonchev–Trinajstić information content (AvgIpc) is 2.44. The molecule has 0 aromatic heterocycles. The molecule has 0 saturated carbocycles. The van der Waals surface area contributed by atoms with Crippen molar-refractivity contribution in [2.75, 3.05) is 20.2 Å². The van der Waals surface area contributed by atoms with Gasteiger partial charge in [0.05, 0.1) is 7.11 Å².